The summed E-state index contributed by atoms with van der Waals surface area (Å²) < 4.78 is 4.78. The maximum atomic E-state index is 12.0. The summed E-state index contributed by atoms with van der Waals surface area (Å²) in [5.74, 6) is -1.10. The Kier molecular flexibility index (Phi) is 3.12. The number of ether oxygens (including phenoxy) is 1. The minimum atomic E-state index is -1.22. The molecule has 0 amide bonds. The highest BCUT2D eigenvalue weighted by Gasteiger charge is 2.26. The van der Waals surface area contributed by atoms with Gasteiger partial charge in [-0.15, -0.1) is 0 Å². The Morgan fingerprint density at radius 2 is 2.16 bits per heavy atom. The van der Waals surface area contributed by atoms with Gasteiger partial charge in [-0.2, -0.15) is 4.73 Å². The lowest BCUT2D eigenvalue weighted by atomic mass is 10.2. The standard InChI is InChI=1S/C12H11N2O5/c1-3-19-12(16)10-11(15)14(18)8-5-4-7(2)6-9(8)13(10)17/h4-6H,3H2,1-2H3/q-1. The van der Waals surface area contributed by atoms with Crippen LogP contribution in [0.25, 0.3) is 11.0 Å². The molecule has 7 heteroatoms. The van der Waals surface area contributed by atoms with Gasteiger partial charge in [-0.1, -0.05) is 6.07 Å². The van der Waals surface area contributed by atoms with Crippen molar-refractivity contribution in [1.82, 2.24) is 4.73 Å². The van der Waals surface area contributed by atoms with Crippen molar-refractivity contribution in [3.63, 3.8) is 0 Å². The first-order chi connectivity index (χ1) is 8.97. The monoisotopic (exact) mass is 263 g/mol. The molecular weight excluding hydrogens is 252 g/mol. The van der Waals surface area contributed by atoms with Crippen LogP contribution in [0, 0.1) is 17.3 Å². The van der Waals surface area contributed by atoms with Crippen molar-refractivity contribution in [3.05, 3.63) is 50.2 Å². The van der Waals surface area contributed by atoms with Gasteiger partial charge in [0.15, 0.2) is 0 Å². The molecule has 2 rings (SSSR count). The van der Waals surface area contributed by atoms with Crippen LogP contribution in [0.3, 0.4) is 0 Å². The predicted octanol–water partition coefficient (Wildman–Crippen LogP) is 0.466. The van der Waals surface area contributed by atoms with Crippen LogP contribution < -0.4 is 10.3 Å². The van der Waals surface area contributed by atoms with Gasteiger partial charge in [-0.3, -0.25) is 4.79 Å². The predicted molar refractivity (Wildman–Crippen MR) is 66.6 cm³/mol. The van der Waals surface area contributed by atoms with Crippen LogP contribution >= 0.6 is 0 Å². The van der Waals surface area contributed by atoms with Gasteiger partial charge in [0.1, 0.15) is 5.52 Å². The van der Waals surface area contributed by atoms with Crippen molar-refractivity contribution in [2.24, 2.45) is 0 Å². The van der Waals surface area contributed by atoms with E-state index in [4.69, 9.17) is 0 Å². The van der Waals surface area contributed by atoms with Crippen LogP contribution in [0.15, 0.2) is 23.0 Å². The van der Waals surface area contributed by atoms with Crippen LogP contribution in [0.1, 0.15) is 23.0 Å². The normalized spacial score (nSPS) is 10.6. The fourth-order valence-corrected chi connectivity index (χ4v) is 1.75. The molecule has 0 aliphatic carbocycles. The molecule has 0 atom stereocenters. The lowest BCUT2D eigenvalue weighted by molar-refractivity contribution is -0.581. The molecule has 0 fully saturated rings. The number of aromatic nitrogens is 2. The summed E-state index contributed by atoms with van der Waals surface area (Å²) in [5.41, 5.74) is -1.44. The van der Waals surface area contributed by atoms with Crippen LogP contribution in [0.4, 0.5) is 0 Å². The number of carbonyl (C=O) groups is 1. The van der Waals surface area contributed by atoms with E-state index in [0.717, 1.165) is 5.56 Å². The Bertz CT molecular complexity index is 720. The quantitative estimate of drug-likeness (QED) is 0.445. The number of hydrogen-bond donors (Lipinski definition) is 0. The summed E-state index contributed by atoms with van der Waals surface area (Å²) >= 11 is 0. The Hall–Kier alpha value is -2.57. The van der Waals surface area contributed by atoms with Gasteiger partial charge >= 0.3 is 17.2 Å². The summed E-state index contributed by atoms with van der Waals surface area (Å²) in [7, 11) is 0. The van der Waals surface area contributed by atoms with Gasteiger partial charge in [0.2, 0.25) is 5.52 Å². The zero-order chi connectivity index (χ0) is 14.2. The second-order valence-corrected chi connectivity index (χ2v) is 3.96. The van der Waals surface area contributed by atoms with E-state index in [-0.39, 0.29) is 27.1 Å². The average Bonchev–Trinajstić information content (AvgIpc) is 2.36. The van der Waals surface area contributed by atoms with Crippen LogP contribution in [-0.2, 0) is 4.74 Å². The van der Waals surface area contributed by atoms with Gasteiger partial charge in [-0.25, -0.2) is 4.79 Å². The molecule has 0 aliphatic heterocycles. The molecule has 2 aromatic rings. The second kappa shape index (κ2) is 4.60. The van der Waals surface area contributed by atoms with Crippen molar-refractivity contribution >= 4 is 17.0 Å². The minimum Gasteiger partial charge on any atom is -0.803 e. The summed E-state index contributed by atoms with van der Waals surface area (Å²) in [4.78, 5) is 23.3. The lowest BCUT2D eigenvalue weighted by Gasteiger charge is -2.15. The molecule has 0 unspecified atom stereocenters. The number of fused-ring (bicyclic) bond motifs is 1. The average molecular weight is 263 g/mol. The van der Waals surface area contributed by atoms with Gasteiger partial charge in [0.25, 0.3) is 0 Å². The zero-order valence-corrected chi connectivity index (χ0v) is 10.4. The van der Waals surface area contributed by atoms with E-state index in [9.17, 15) is 20.0 Å². The highest BCUT2D eigenvalue weighted by atomic mass is 16.5. The largest absolute Gasteiger partial charge is 0.803 e. The van der Waals surface area contributed by atoms with Gasteiger partial charge in [0.05, 0.1) is 6.61 Å². The fourth-order valence-electron chi connectivity index (χ4n) is 1.75. The second-order valence-electron chi connectivity index (χ2n) is 3.96. The summed E-state index contributed by atoms with van der Waals surface area (Å²) in [6.45, 7) is 3.26. The van der Waals surface area contributed by atoms with E-state index in [1.165, 1.54) is 19.1 Å². The van der Waals surface area contributed by atoms with Gasteiger partial charge < -0.3 is 19.9 Å². The number of nitrogens with zero attached hydrogens (tertiary/aromatic N) is 2. The Labute approximate surface area is 107 Å². The molecule has 0 N–H and O–H groups in total. The van der Waals surface area contributed by atoms with E-state index in [0.29, 0.717) is 0 Å². The molecule has 0 spiro atoms. The molecule has 0 aliphatic rings. The molecule has 0 saturated carbocycles. The third-order valence-corrected chi connectivity index (χ3v) is 2.63. The molecule has 0 radical (unpaired) electrons. The Morgan fingerprint density at radius 3 is 2.79 bits per heavy atom. The van der Waals surface area contributed by atoms with E-state index < -0.39 is 17.2 Å². The van der Waals surface area contributed by atoms with E-state index >= 15 is 0 Å². The van der Waals surface area contributed by atoms with Crippen molar-refractivity contribution in [2.75, 3.05) is 6.61 Å². The van der Waals surface area contributed by atoms with E-state index in [2.05, 4.69) is 4.74 Å². The molecule has 0 bridgehead atoms. The fraction of sp³-hybridized carbons (Fsp3) is 0.250. The van der Waals surface area contributed by atoms with Crippen molar-refractivity contribution in [1.29, 1.82) is 0 Å². The van der Waals surface area contributed by atoms with Gasteiger partial charge in [-0.05, 0) is 25.5 Å². The maximum Gasteiger partial charge on any atom is 0.411 e. The van der Waals surface area contributed by atoms with Crippen molar-refractivity contribution in [3.8, 4) is 0 Å². The van der Waals surface area contributed by atoms with E-state index in [1.807, 2.05) is 0 Å². The van der Waals surface area contributed by atoms with Crippen molar-refractivity contribution in [2.45, 2.75) is 13.8 Å². The zero-order valence-electron chi connectivity index (χ0n) is 10.4. The number of rotatable bonds is 2. The van der Waals surface area contributed by atoms with Crippen LogP contribution in [-0.4, -0.2) is 17.3 Å². The summed E-state index contributed by atoms with van der Waals surface area (Å²) in [5, 5.41) is 23.8. The summed E-state index contributed by atoms with van der Waals surface area (Å²) in [6, 6.07) is 4.39. The minimum absolute atomic E-state index is 0.00296. The molecule has 7 nitrogen and oxygen atoms in total. The molecule has 1 aromatic heterocycles. The SMILES string of the molecule is CCOC(=O)c1c(=O)n([O-])c2ccc(C)cc2[n+]1[O-]. The Balaban J connectivity index is 2.86. The molecule has 19 heavy (non-hydrogen) atoms. The third kappa shape index (κ3) is 1.99. The molecule has 100 valence electrons. The lowest BCUT2D eigenvalue weighted by Crippen LogP contribution is -2.45. The smallest absolute Gasteiger partial charge is 0.411 e. The number of benzene rings is 1. The maximum absolute atomic E-state index is 12.0. The van der Waals surface area contributed by atoms with Gasteiger partial charge in [0, 0.05) is 6.07 Å². The summed E-state index contributed by atoms with van der Waals surface area (Å²) in [6.07, 6.45) is 0. The molecular formula is C12H11N2O5-. The molecule has 1 heterocycles. The first-order valence-electron chi connectivity index (χ1n) is 5.61. The highest BCUT2D eigenvalue weighted by Crippen LogP contribution is 2.11. The third-order valence-electron chi connectivity index (χ3n) is 2.63. The highest BCUT2D eigenvalue weighted by molar-refractivity contribution is 5.87. The topological polar surface area (TPSA) is 98.3 Å². The number of hydrogen-bond acceptors (Lipinski definition) is 5. The molecule has 1 aromatic carbocycles. The molecule has 0 saturated heterocycles. The number of esters is 1. The first kappa shape index (κ1) is 12.9. The van der Waals surface area contributed by atoms with Crippen LogP contribution in [0.5, 0.6) is 0 Å². The Morgan fingerprint density at radius 1 is 1.47 bits per heavy atom. The van der Waals surface area contributed by atoms with E-state index in [1.54, 1.807) is 13.0 Å². The number of carbonyl (C=O) groups excluding carboxylic acids is 1. The van der Waals surface area contributed by atoms with Crippen molar-refractivity contribution < 1.29 is 14.3 Å². The number of aryl methyl sites for hydroxylation is 1. The van der Waals surface area contributed by atoms with Crippen LogP contribution in [0.2, 0.25) is 0 Å². The first-order valence-corrected chi connectivity index (χ1v) is 5.61.